The molecule has 9 atom stereocenters. The molecule has 0 radical (unpaired) electrons. The Kier molecular flexibility index (Phi) is 7.96. The van der Waals surface area contributed by atoms with Gasteiger partial charge >= 0.3 is 23.9 Å². The third-order valence-electron chi connectivity index (χ3n) is 8.02. The average molecular weight is 527 g/mol. The zero-order valence-corrected chi connectivity index (χ0v) is 22.1. The minimum absolute atomic E-state index is 0.251. The smallest absolute Gasteiger partial charge is 0.312 e. The highest BCUT2D eigenvalue weighted by Gasteiger charge is 2.69. The van der Waals surface area contributed by atoms with E-state index >= 15 is 0 Å². The Labute approximate surface area is 216 Å². The number of rotatable bonds is 3. The van der Waals surface area contributed by atoms with Crippen LogP contribution < -0.4 is 0 Å². The number of carbonyl (C=O) groups excluding carboxylic acids is 4. The molecule has 36 heavy (non-hydrogen) atoms. The highest BCUT2D eigenvalue weighted by molar-refractivity contribution is 6.23. The number of halogens is 1. The molecule has 3 fully saturated rings. The van der Waals surface area contributed by atoms with E-state index in [0.717, 1.165) is 0 Å². The normalized spacial score (nSPS) is 40.9. The first-order chi connectivity index (χ1) is 16.6. The fraction of sp³-hybridized carbons (Fsp3) is 0.692. The van der Waals surface area contributed by atoms with Crippen molar-refractivity contribution in [3.63, 3.8) is 0 Å². The Morgan fingerprint density at radius 3 is 1.92 bits per heavy atom. The Hall–Kier alpha value is -2.39. The van der Waals surface area contributed by atoms with E-state index < -0.39 is 76.5 Å². The van der Waals surface area contributed by atoms with E-state index in [9.17, 15) is 24.3 Å². The van der Waals surface area contributed by atoms with E-state index in [-0.39, 0.29) is 12.8 Å². The molecule has 2 aliphatic carbocycles. The van der Waals surface area contributed by atoms with Crippen LogP contribution in [0.5, 0.6) is 0 Å². The molecule has 1 saturated heterocycles. The Morgan fingerprint density at radius 1 is 0.972 bits per heavy atom. The lowest BCUT2D eigenvalue weighted by Gasteiger charge is -2.56. The molecule has 3 rings (SSSR count). The number of esters is 4. The van der Waals surface area contributed by atoms with Gasteiger partial charge in [-0.1, -0.05) is 31.2 Å². The van der Waals surface area contributed by atoms with Crippen molar-refractivity contribution in [1.29, 1.82) is 0 Å². The van der Waals surface area contributed by atoms with Gasteiger partial charge in [-0.25, -0.2) is 0 Å². The molecular weight excluding hydrogens is 492 g/mol. The van der Waals surface area contributed by atoms with Gasteiger partial charge in [0.05, 0.1) is 16.7 Å². The van der Waals surface area contributed by atoms with Crippen LogP contribution in [-0.2, 0) is 38.1 Å². The summed E-state index contributed by atoms with van der Waals surface area (Å²) >= 11 is 6.71. The maximum Gasteiger partial charge on any atom is 0.312 e. The largest absolute Gasteiger partial charge is 0.462 e. The third-order valence-corrected chi connectivity index (χ3v) is 8.56. The van der Waals surface area contributed by atoms with Crippen LogP contribution in [0.2, 0.25) is 0 Å². The van der Waals surface area contributed by atoms with Crippen molar-refractivity contribution in [2.75, 3.05) is 0 Å². The van der Waals surface area contributed by atoms with Gasteiger partial charge in [-0.2, -0.15) is 0 Å². The molecule has 1 aliphatic heterocycles. The zero-order chi connectivity index (χ0) is 27.2. The first-order valence-corrected chi connectivity index (χ1v) is 12.5. The van der Waals surface area contributed by atoms with Gasteiger partial charge in [-0.3, -0.25) is 19.2 Å². The number of aliphatic hydroxyl groups is 1. The quantitative estimate of drug-likeness (QED) is 0.255. The van der Waals surface area contributed by atoms with E-state index in [2.05, 4.69) is 13.2 Å². The molecule has 0 bridgehead atoms. The second kappa shape index (κ2) is 10.2. The van der Waals surface area contributed by atoms with Crippen LogP contribution in [0, 0.1) is 17.3 Å². The van der Waals surface area contributed by atoms with Crippen molar-refractivity contribution in [2.45, 2.75) is 95.7 Å². The maximum atomic E-state index is 12.8. The first kappa shape index (κ1) is 28.2. The molecule has 0 aromatic rings. The Morgan fingerprint density at radius 2 is 1.44 bits per heavy atom. The fourth-order valence-corrected chi connectivity index (χ4v) is 6.55. The van der Waals surface area contributed by atoms with E-state index in [1.54, 1.807) is 6.92 Å². The second-order valence-corrected chi connectivity index (χ2v) is 10.8. The molecule has 2 saturated carbocycles. The summed E-state index contributed by atoms with van der Waals surface area (Å²) in [5.74, 6) is -4.52. The number of carbonyl (C=O) groups is 4. The summed E-state index contributed by atoms with van der Waals surface area (Å²) in [5, 5.41) is 11.3. The van der Waals surface area contributed by atoms with E-state index in [4.69, 9.17) is 30.5 Å². The molecular formula is C26H35ClO9. The summed E-state index contributed by atoms with van der Waals surface area (Å²) in [6.45, 7) is 15.2. The van der Waals surface area contributed by atoms with Gasteiger partial charge in [0.25, 0.3) is 0 Å². The molecule has 9 nitrogen and oxygen atoms in total. The lowest BCUT2D eigenvalue weighted by Crippen LogP contribution is -2.67. The molecule has 10 heteroatoms. The highest BCUT2D eigenvalue weighted by Crippen LogP contribution is 2.57. The highest BCUT2D eigenvalue weighted by atomic mass is 35.5. The van der Waals surface area contributed by atoms with Crippen LogP contribution >= 0.6 is 11.6 Å². The lowest BCUT2D eigenvalue weighted by atomic mass is 9.54. The fourth-order valence-electron chi connectivity index (χ4n) is 6.19. The summed E-state index contributed by atoms with van der Waals surface area (Å²) < 4.78 is 22.9. The zero-order valence-electron chi connectivity index (χ0n) is 21.4. The lowest BCUT2D eigenvalue weighted by molar-refractivity contribution is -0.222. The van der Waals surface area contributed by atoms with Gasteiger partial charge in [-0.15, -0.1) is 11.6 Å². The van der Waals surface area contributed by atoms with Crippen molar-refractivity contribution in [3.8, 4) is 0 Å². The minimum Gasteiger partial charge on any atom is -0.462 e. The van der Waals surface area contributed by atoms with Gasteiger partial charge in [-0.05, 0) is 32.6 Å². The minimum atomic E-state index is -2.08. The van der Waals surface area contributed by atoms with Crippen LogP contribution in [0.3, 0.4) is 0 Å². The van der Waals surface area contributed by atoms with Gasteiger partial charge in [0.15, 0.2) is 11.7 Å². The predicted octanol–water partition coefficient (Wildman–Crippen LogP) is 3.00. The number of hydrogen-bond acceptors (Lipinski definition) is 9. The summed E-state index contributed by atoms with van der Waals surface area (Å²) in [7, 11) is 0. The van der Waals surface area contributed by atoms with Crippen molar-refractivity contribution in [3.05, 3.63) is 24.3 Å². The van der Waals surface area contributed by atoms with Crippen LogP contribution in [-0.4, -0.2) is 64.4 Å². The summed E-state index contributed by atoms with van der Waals surface area (Å²) in [6, 6.07) is 0. The molecule has 1 heterocycles. The summed E-state index contributed by atoms with van der Waals surface area (Å²) in [5.41, 5.74) is -2.24. The summed E-state index contributed by atoms with van der Waals surface area (Å²) in [6.07, 6.45) is -3.01. The summed E-state index contributed by atoms with van der Waals surface area (Å²) in [4.78, 5) is 49.6. The van der Waals surface area contributed by atoms with Crippen LogP contribution in [0.1, 0.15) is 60.3 Å². The Balaban J connectivity index is 2.34. The number of hydrogen-bond donors (Lipinski definition) is 1. The van der Waals surface area contributed by atoms with E-state index in [1.807, 2.05) is 0 Å². The topological polar surface area (TPSA) is 125 Å². The van der Waals surface area contributed by atoms with Crippen LogP contribution in [0.4, 0.5) is 0 Å². The molecule has 0 spiro atoms. The monoisotopic (exact) mass is 526 g/mol. The number of ether oxygens (including phenoxy) is 4. The van der Waals surface area contributed by atoms with Crippen molar-refractivity contribution in [2.24, 2.45) is 17.3 Å². The molecule has 3 aliphatic rings. The molecule has 200 valence electrons. The number of fused-ring (bicyclic) bond motifs is 2. The van der Waals surface area contributed by atoms with Crippen LogP contribution in [0.25, 0.3) is 0 Å². The van der Waals surface area contributed by atoms with Gasteiger partial charge in [0.2, 0.25) is 0 Å². The van der Waals surface area contributed by atoms with Crippen molar-refractivity contribution < 1.29 is 43.2 Å². The predicted molar refractivity (Wildman–Crippen MR) is 129 cm³/mol. The van der Waals surface area contributed by atoms with Gasteiger partial charge < -0.3 is 24.1 Å². The molecule has 1 unspecified atom stereocenters. The third kappa shape index (κ3) is 4.67. The van der Waals surface area contributed by atoms with Crippen LogP contribution in [0.15, 0.2) is 24.3 Å². The standard InChI is InChI=1S/C26H35ClO9/c1-12-8-10-18(33-15(4)28)25(7)19(34-16(5)29)11-9-13(2)21(27)23-26(32,14(3)24(31)36-23)22(20(12)25)35-17(6)30/h14,18-23,32H,1-2,8-11H2,3-7H3/t14-,18-,19-,20+,21-,22?,23-,25+,26-/m0/s1. The van der Waals surface area contributed by atoms with Crippen molar-refractivity contribution in [1.82, 2.24) is 0 Å². The average Bonchev–Trinajstić information content (AvgIpc) is 3.00. The molecule has 0 aromatic carbocycles. The number of alkyl halides is 1. The molecule has 1 N–H and O–H groups in total. The van der Waals surface area contributed by atoms with Gasteiger partial charge in [0.1, 0.15) is 18.3 Å². The van der Waals surface area contributed by atoms with Gasteiger partial charge in [0, 0.05) is 26.7 Å². The molecule has 0 aromatic heterocycles. The van der Waals surface area contributed by atoms with Crippen molar-refractivity contribution >= 4 is 35.5 Å². The second-order valence-electron chi connectivity index (χ2n) is 10.3. The maximum absolute atomic E-state index is 12.8. The Bertz CT molecular complexity index is 976. The first-order valence-electron chi connectivity index (χ1n) is 12.1. The van der Waals surface area contributed by atoms with E-state index in [0.29, 0.717) is 24.0 Å². The molecule has 0 amide bonds. The SMILES string of the molecule is C=C1CC[C@H](OC(C)=O)[C@]2(C)[C@@H](OC(C)=O)CCC(=C)[C@H](Cl)[C@@H]3OC(=O)[C@H](C)[C@]3(O)C(OC(C)=O)[C@@H]12. The van der Waals surface area contributed by atoms with E-state index in [1.165, 1.54) is 27.7 Å².